The quantitative estimate of drug-likeness (QED) is 0.893. The SMILES string of the molecule is CC(C)N1CCC(c2nc(C(=O)O)c3n2CCCC3O)CC1. The van der Waals surface area contributed by atoms with Crippen LogP contribution in [0.4, 0.5) is 0 Å². The van der Waals surface area contributed by atoms with Gasteiger partial charge >= 0.3 is 5.97 Å². The number of aliphatic hydroxyl groups excluding tert-OH is 1. The number of fused-ring (bicyclic) bond motifs is 1. The predicted octanol–water partition coefficient (Wildman–Crippen LogP) is 2.00. The molecule has 1 unspecified atom stereocenters. The second kappa shape index (κ2) is 6.01. The van der Waals surface area contributed by atoms with Crippen molar-refractivity contribution in [2.24, 2.45) is 0 Å². The molecule has 0 spiro atoms. The van der Waals surface area contributed by atoms with Gasteiger partial charge < -0.3 is 19.7 Å². The Balaban J connectivity index is 1.89. The summed E-state index contributed by atoms with van der Waals surface area (Å²) in [5.74, 6) is 0.136. The lowest BCUT2D eigenvalue weighted by molar-refractivity contribution is 0.0677. The first-order chi connectivity index (χ1) is 10.5. The van der Waals surface area contributed by atoms with Crippen LogP contribution in [0.15, 0.2) is 0 Å². The highest BCUT2D eigenvalue weighted by Gasteiger charge is 2.33. The van der Waals surface area contributed by atoms with Crippen molar-refractivity contribution in [3.63, 3.8) is 0 Å². The van der Waals surface area contributed by atoms with Crippen LogP contribution in [0, 0.1) is 0 Å². The van der Waals surface area contributed by atoms with E-state index in [1.54, 1.807) is 0 Å². The number of aliphatic hydroxyl groups is 1. The van der Waals surface area contributed by atoms with Crippen LogP contribution in [0.25, 0.3) is 0 Å². The molecule has 0 aromatic carbocycles. The predicted molar refractivity (Wildman–Crippen MR) is 82.1 cm³/mol. The van der Waals surface area contributed by atoms with Crippen molar-refractivity contribution in [3.05, 3.63) is 17.2 Å². The normalized spacial score (nSPS) is 23.7. The summed E-state index contributed by atoms with van der Waals surface area (Å²) in [5, 5.41) is 19.6. The number of nitrogens with zero attached hydrogens (tertiary/aromatic N) is 3. The molecule has 1 aromatic heterocycles. The van der Waals surface area contributed by atoms with Gasteiger partial charge in [-0.3, -0.25) is 0 Å². The first-order valence-electron chi connectivity index (χ1n) is 8.24. The van der Waals surface area contributed by atoms with Gasteiger partial charge in [0, 0.05) is 18.5 Å². The molecule has 122 valence electrons. The number of carboxylic acid groups (broad SMARTS) is 1. The summed E-state index contributed by atoms with van der Waals surface area (Å²) in [5.41, 5.74) is 0.563. The number of aromatic carboxylic acids is 1. The van der Waals surface area contributed by atoms with Gasteiger partial charge in [0.25, 0.3) is 0 Å². The summed E-state index contributed by atoms with van der Waals surface area (Å²) >= 11 is 0. The van der Waals surface area contributed by atoms with Crippen LogP contribution in [-0.4, -0.2) is 49.8 Å². The lowest BCUT2D eigenvalue weighted by Gasteiger charge is -2.35. The van der Waals surface area contributed by atoms with E-state index < -0.39 is 12.1 Å². The van der Waals surface area contributed by atoms with Gasteiger partial charge in [0.05, 0.1) is 11.8 Å². The Labute approximate surface area is 130 Å². The Morgan fingerprint density at radius 1 is 1.23 bits per heavy atom. The molecule has 1 saturated heterocycles. The van der Waals surface area contributed by atoms with Crippen molar-refractivity contribution >= 4 is 5.97 Å². The molecule has 3 rings (SSSR count). The second-order valence-corrected chi connectivity index (χ2v) is 6.72. The molecule has 2 aliphatic rings. The van der Waals surface area contributed by atoms with Gasteiger partial charge in [-0.15, -0.1) is 0 Å². The first kappa shape index (κ1) is 15.5. The van der Waals surface area contributed by atoms with Crippen LogP contribution >= 0.6 is 0 Å². The third-order valence-electron chi connectivity index (χ3n) is 5.04. The number of imidazole rings is 1. The van der Waals surface area contributed by atoms with E-state index in [2.05, 4.69) is 23.7 Å². The Kier molecular flexibility index (Phi) is 4.23. The molecular formula is C16H25N3O3. The van der Waals surface area contributed by atoms with Crippen molar-refractivity contribution < 1.29 is 15.0 Å². The zero-order chi connectivity index (χ0) is 15.9. The minimum atomic E-state index is -1.03. The lowest BCUT2D eigenvalue weighted by atomic mass is 9.94. The van der Waals surface area contributed by atoms with E-state index in [0.717, 1.165) is 44.7 Å². The van der Waals surface area contributed by atoms with Gasteiger partial charge in [-0.1, -0.05) is 0 Å². The third-order valence-corrected chi connectivity index (χ3v) is 5.04. The molecule has 0 saturated carbocycles. The van der Waals surface area contributed by atoms with Crippen LogP contribution in [-0.2, 0) is 6.54 Å². The summed E-state index contributed by atoms with van der Waals surface area (Å²) in [6, 6.07) is 0.548. The summed E-state index contributed by atoms with van der Waals surface area (Å²) in [6.07, 6.45) is 2.81. The number of likely N-dealkylation sites (tertiary alicyclic amines) is 1. The van der Waals surface area contributed by atoms with Crippen LogP contribution in [0.2, 0.25) is 0 Å². The summed E-state index contributed by atoms with van der Waals surface area (Å²) in [4.78, 5) is 18.3. The average Bonchev–Trinajstić information content (AvgIpc) is 2.88. The second-order valence-electron chi connectivity index (χ2n) is 6.72. The Morgan fingerprint density at radius 2 is 1.91 bits per heavy atom. The first-order valence-corrected chi connectivity index (χ1v) is 8.24. The maximum absolute atomic E-state index is 11.5. The van der Waals surface area contributed by atoms with Crippen LogP contribution in [0.3, 0.4) is 0 Å². The molecule has 3 heterocycles. The number of carbonyl (C=O) groups is 1. The highest BCUT2D eigenvalue weighted by molar-refractivity contribution is 5.87. The van der Waals surface area contributed by atoms with Crippen molar-refractivity contribution in [1.82, 2.24) is 14.5 Å². The monoisotopic (exact) mass is 307 g/mol. The lowest BCUT2D eigenvalue weighted by Crippen LogP contribution is -2.38. The van der Waals surface area contributed by atoms with Gasteiger partial charge in [-0.05, 0) is 52.6 Å². The van der Waals surface area contributed by atoms with Crippen molar-refractivity contribution in [1.29, 1.82) is 0 Å². The number of rotatable bonds is 3. The standard InChI is InChI=1S/C16H25N3O3/c1-10(2)18-8-5-11(6-9-18)15-17-13(16(21)22)14-12(20)4-3-7-19(14)15/h10-12,20H,3-9H2,1-2H3,(H,21,22). The van der Waals surface area contributed by atoms with E-state index >= 15 is 0 Å². The number of hydrogen-bond donors (Lipinski definition) is 2. The molecule has 2 aliphatic heterocycles. The molecular weight excluding hydrogens is 282 g/mol. The fourth-order valence-corrected chi connectivity index (χ4v) is 3.78. The van der Waals surface area contributed by atoms with Gasteiger partial charge in [0.2, 0.25) is 0 Å². The zero-order valence-corrected chi connectivity index (χ0v) is 13.3. The molecule has 0 bridgehead atoms. The van der Waals surface area contributed by atoms with E-state index in [9.17, 15) is 15.0 Å². The topological polar surface area (TPSA) is 78.6 Å². The van der Waals surface area contributed by atoms with Gasteiger partial charge in [-0.25, -0.2) is 9.78 Å². The van der Waals surface area contributed by atoms with E-state index in [4.69, 9.17) is 0 Å². The maximum atomic E-state index is 11.5. The molecule has 2 N–H and O–H groups in total. The molecule has 1 fully saturated rings. The number of piperidine rings is 1. The van der Waals surface area contributed by atoms with Crippen LogP contribution in [0.1, 0.15) is 73.6 Å². The van der Waals surface area contributed by atoms with Crippen LogP contribution in [0.5, 0.6) is 0 Å². The summed E-state index contributed by atoms with van der Waals surface area (Å²) < 4.78 is 1.98. The molecule has 1 aromatic rings. The molecule has 0 amide bonds. The third kappa shape index (κ3) is 2.65. The fourth-order valence-electron chi connectivity index (χ4n) is 3.78. The van der Waals surface area contributed by atoms with Crippen molar-refractivity contribution in [3.8, 4) is 0 Å². The van der Waals surface area contributed by atoms with Crippen molar-refractivity contribution in [2.75, 3.05) is 13.1 Å². The smallest absolute Gasteiger partial charge is 0.356 e. The number of aromatic nitrogens is 2. The molecule has 0 radical (unpaired) electrons. The minimum Gasteiger partial charge on any atom is -0.476 e. The largest absolute Gasteiger partial charge is 0.476 e. The summed E-state index contributed by atoms with van der Waals surface area (Å²) in [6.45, 7) is 7.23. The molecule has 22 heavy (non-hydrogen) atoms. The highest BCUT2D eigenvalue weighted by Crippen LogP contribution is 2.35. The Hall–Kier alpha value is -1.40. The van der Waals surface area contributed by atoms with E-state index in [1.807, 2.05) is 4.57 Å². The molecule has 0 aliphatic carbocycles. The van der Waals surface area contributed by atoms with E-state index in [-0.39, 0.29) is 5.69 Å². The van der Waals surface area contributed by atoms with Crippen LogP contribution < -0.4 is 0 Å². The Morgan fingerprint density at radius 3 is 2.50 bits per heavy atom. The van der Waals surface area contributed by atoms with E-state index in [0.29, 0.717) is 24.1 Å². The van der Waals surface area contributed by atoms with Crippen molar-refractivity contribution in [2.45, 2.75) is 64.1 Å². The van der Waals surface area contributed by atoms with Gasteiger partial charge in [0.1, 0.15) is 5.82 Å². The zero-order valence-electron chi connectivity index (χ0n) is 13.3. The molecule has 6 heteroatoms. The highest BCUT2D eigenvalue weighted by atomic mass is 16.4. The number of hydrogen-bond acceptors (Lipinski definition) is 4. The fraction of sp³-hybridized carbons (Fsp3) is 0.750. The molecule has 6 nitrogen and oxygen atoms in total. The summed E-state index contributed by atoms with van der Waals surface area (Å²) in [7, 11) is 0. The minimum absolute atomic E-state index is 0.0495. The maximum Gasteiger partial charge on any atom is 0.356 e. The van der Waals surface area contributed by atoms with Gasteiger partial charge in [-0.2, -0.15) is 0 Å². The average molecular weight is 307 g/mol. The van der Waals surface area contributed by atoms with E-state index in [1.165, 1.54) is 0 Å². The number of carboxylic acids is 1. The Bertz CT molecular complexity index is 559. The molecule has 1 atom stereocenters. The van der Waals surface area contributed by atoms with Gasteiger partial charge in [0.15, 0.2) is 5.69 Å².